The molecule has 7 heteroatoms. The first-order chi connectivity index (χ1) is 12.5. The number of benzene rings is 1. The van der Waals surface area contributed by atoms with Crippen LogP contribution in [0.4, 0.5) is 17.5 Å². The fourth-order valence-electron chi connectivity index (χ4n) is 2.47. The van der Waals surface area contributed by atoms with E-state index in [1.54, 1.807) is 18.2 Å². The summed E-state index contributed by atoms with van der Waals surface area (Å²) in [6, 6.07) is 10.5. The van der Waals surface area contributed by atoms with Crippen molar-refractivity contribution in [3.63, 3.8) is 0 Å². The van der Waals surface area contributed by atoms with E-state index in [0.29, 0.717) is 17.5 Å². The Bertz CT molecular complexity index is 946. The minimum absolute atomic E-state index is 0.163. The lowest BCUT2D eigenvalue weighted by Crippen LogP contribution is -2.10. The number of pyridine rings is 1. The van der Waals surface area contributed by atoms with E-state index in [4.69, 9.17) is 0 Å². The van der Waals surface area contributed by atoms with Crippen LogP contribution in [0.3, 0.4) is 0 Å². The molecule has 26 heavy (non-hydrogen) atoms. The fraction of sp³-hybridized carbons (Fsp3) is 0.105. The molecule has 0 amide bonds. The zero-order valence-electron chi connectivity index (χ0n) is 14.2. The number of anilines is 3. The summed E-state index contributed by atoms with van der Waals surface area (Å²) in [5.74, 6) is 1.97. The molecule has 0 aliphatic heterocycles. The summed E-state index contributed by atoms with van der Waals surface area (Å²) >= 11 is 0. The second-order valence-corrected chi connectivity index (χ2v) is 5.79. The predicted molar refractivity (Wildman–Crippen MR) is 102 cm³/mol. The van der Waals surface area contributed by atoms with Crippen LogP contribution in [0.2, 0.25) is 0 Å². The van der Waals surface area contributed by atoms with E-state index in [9.17, 15) is 9.90 Å². The Morgan fingerprint density at radius 2 is 1.92 bits per heavy atom. The zero-order chi connectivity index (χ0) is 18.5. The van der Waals surface area contributed by atoms with Gasteiger partial charge in [-0.05, 0) is 42.3 Å². The lowest BCUT2D eigenvalue weighted by Gasteiger charge is -2.17. The van der Waals surface area contributed by atoms with Crippen LogP contribution < -0.4 is 16.2 Å². The van der Waals surface area contributed by atoms with Crippen LogP contribution in [-0.2, 0) is 0 Å². The van der Waals surface area contributed by atoms with Gasteiger partial charge in [0.25, 0.3) is 5.56 Å². The molecule has 0 fully saturated rings. The second kappa shape index (κ2) is 7.52. The van der Waals surface area contributed by atoms with Crippen LogP contribution in [-0.4, -0.2) is 20.1 Å². The van der Waals surface area contributed by atoms with E-state index < -0.39 is 0 Å². The second-order valence-electron chi connectivity index (χ2n) is 5.79. The molecule has 132 valence electrons. The van der Waals surface area contributed by atoms with Crippen molar-refractivity contribution in [3.05, 3.63) is 82.9 Å². The number of phenolic OH excluding ortho intramolecular Hbond substituents is 1. The third-order valence-corrected chi connectivity index (χ3v) is 3.69. The van der Waals surface area contributed by atoms with E-state index in [1.165, 1.54) is 12.4 Å². The van der Waals surface area contributed by atoms with E-state index in [1.807, 2.05) is 31.2 Å². The maximum Gasteiger partial charge on any atom is 0.266 e. The van der Waals surface area contributed by atoms with Gasteiger partial charge in [-0.3, -0.25) is 4.79 Å². The Hall–Kier alpha value is -3.61. The summed E-state index contributed by atoms with van der Waals surface area (Å²) in [5, 5.41) is 15.8. The molecule has 2 heterocycles. The van der Waals surface area contributed by atoms with Crippen LogP contribution in [0.5, 0.6) is 5.75 Å². The molecular formula is C19H19N5O2. The van der Waals surface area contributed by atoms with Crippen molar-refractivity contribution in [2.24, 2.45) is 0 Å². The topological polar surface area (TPSA) is 103 Å². The van der Waals surface area contributed by atoms with Gasteiger partial charge in [-0.1, -0.05) is 18.2 Å². The van der Waals surface area contributed by atoms with Crippen molar-refractivity contribution in [2.75, 3.05) is 10.6 Å². The summed E-state index contributed by atoms with van der Waals surface area (Å²) in [6.45, 7) is 5.82. The van der Waals surface area contributed by atoms with Crippen LogP contribution >= 0.6 is 0 Å². The fourth-order valence-corrected chi connectivity index (χ4v) is 2.47. The monoisotopic (exact) mass is 349 g/mol. The number of aromatic hydroxyl groups is 1. The highest BCUT2D eigenvalue weighted by atomic mass is 16.3. The Morgan fingerprint density at radius 1 is 1.19 bits per heavy atom. The van der Waals surface area contributed by atoms with E-state index in [-0.39, 0.29) is 17.4 Å². The molecule has 0 radical (unpaired) electrons. The number of nitrogens with one attached hydrogen (secondary N) is 3. The van der Waals surface area contributed by atoms with Gasteiger partial charge in [-0.25, -0.2) is 9.97 Å². The highest BCUT2D eigenvalue weighted by Gasteiger charge is 2.10. The Labute approximate surface area is 150 Å². The molecule has 0 saturated heterocycles. The molecule has 3 aromatic rings. The summed E-state index contributed by atoms with van der Waals surface area (Å²) in [7, 11) is 0. The maximum atomic E-state index is 11.1. The van der Waals surface area contributed by atoms with Gasteiger partial charge in [0, 0.05) is 6.20 Å². The van der Waals surface area contributed by atoms with Gasteiger partial charge in [-0.2, -0.15) is 0 Å². The molecule has 3 rings (SSSR count). The van der Waals surface area contributed by atoms with Crippen molar-refractivity contribution in [1.82, 2.24) is 15.0 Å². The number of aromatic amines is 1. The molecule has 0 aliphatic rings. The summed E-state index contributed by atoms with van der Waals surface area (Å²) in [4.78, 5) is 22.2. The molecular weight excluding hydrogens is 330 g/mol. The summed E-state index contributed by atoms with van der Waals surface area (Å²) < 4.78 is 0. The van der Waals surface area contributed by atoms with Crippen molar-refractivity contribution in [2.45, 2.75) is 13.0 Å². The van der Waals surface area contributed by atoms with E-state index in [0.717, 1.165) is 11.1 Å². The van der Waals surface area contributed by atoms with Gasteiger partial charge in [0.05, 0.1) is 12.2 Å². The normalized spacial score (nSPS) is 11.6. The minimum Gasteiger partial charge on any atom is -0.508 e. The number of phenols is 1. The molecule has 0 aliphatic carbocycles. The molecule has 4 N–H and O–H groups in total. The van der Waals surface area contributed by atoms with Crippen molar-refractivity contribution < 1.29 is 5.11 Å². The first-order valence-corrected chi connectivity index (χ1v) is 8.02. The predicted octanol–water partition coefficient (Wildman–Crippen LogP) is 3.26. The van der Waals surface area contributed by atoms with Gasteiger partial charge in [-0.15, -0.1) is 6.58 Å². The SMILES string of the molecule is C=CC(Nc1cc(C)cc(Nc2c[nH]c(=O)cn2)n1)c1ccc(O)cc1. The number of nitrogens with zero attached hydrogens (tertiary/aromatic N) is 2. The van der Waals surface area contributed by atoms with Gasteiger partial charge >= 0.3 is 0 Å². The van der Waals surface area contributed by atoms with Crippen LogP contribution in [0.1, 0.15) is 17.2 Å². The Kier molecular flexibility index (Phi) is 4.98. The van der Waals surface area contributed by atoms with Crippen molar-refractivity contribution in [1.29, 1.82) is 0 Å². The lowest BCUT2D eigenvalue weighted by atomic mass is 10.1. The summed E-state index contributed by atoms with van der Waals surface area (Å²) in [5.41, 5.74) is 1.69. The third-order valence-electron chi connectivity index (χ3n) is 3.69. The zero-order valence-corrected chi connectivity index (χ0v) is 14.2. The Balaban J connectivity index is 1.82. The smallest absolute Gasteiger partial charge is 0.266 e. The lowest BCUT2D eigenvalue weighted by molar-refractivity contribution is 0.475. The number of rotatable bonds is 6. The Morgan fingerprint density at radius 3 is 2.58 bits per heavy atom. The highest BCUT2D eigenvalue weighted by molar-refractivity contribution is 5.56. The van der Waals surface area contributed by atoms with Gasteiger partial charge in [0.2, 0.25) is 0 Å². The first kappa shape index (κ1) is 17.2. The van der Waals surface area contributed by atoms with Crippen LogP contribution in [0, 0.1) is 6.92 Å². The number of aromatic nitrogens is 3. The quantitative estimate of drug-likeness (QED) is 0.509. The number of H-pyrrole nitrogens is 1. The largest absolute Gasteiger partial charge is 0.508 e. The number of hydrogen-bond acceptors (Lipinski definition) is 6. The molecule has 1 unspecified atom stereocenters. The number of aryl methyl sites for hydroxylation is 1. The molecule has 1 atom stereocenters. The van der Waals surface area contributed by atoms with Crippen LogP contribution in [0.25, 0.3) is 0 Å². The summed E-state index contributed by atoms with van der Waals surface area (Å²) in [6.07, 6.45) is 4.46. The average molecular weight is 349 g/mol. The maximum absolute atomic E-state index is 11.1. The third kappa shape index (κ3) is 4.27. The standard InChI is InChI=1S/C19H19N5O2/c1-3-15(13-4-6-14(25)7-5-13)22-16-8-12(2)9-17(23-16)24-18-10-21-19(26)11-20-18/h3-11,15,25H,1H2,2H3,(H,21,26)(H2,20,22,23,24). The van der Waals surface area contributed by atoms with Gasteiger partial charge < -0.3 is 20.7 Å². The molecule has 1 aromatic carbocycles. The van der Waals surface area contributed by atoms with E-state index in [2.05, 4.69) is 32.2 Å². The van der Waals surface area contributed by atoms with Gasteiger partial charge in [0.1, 0.15) is 23.2 Å². The van der Waals surface area contributed by atoms with E-state index >= 15 is 0 Å². The first-order valence-electron chi connectivity index (χ1n) is 8.02. The van der Waals surface area contributed by atoms with Gasteiger partial charge in [0.15, 0.2) is 0 Å². The molecule has 2 aromatic heterocycles. The van der Waals surface area contributed by atoms with Crippen molar-refractivity contribution >= 4 is 17.5 Å². The van der Waals surface area contributed by atoms with Crippen molar-refractivity contribution in [3.8, 4) is 5.75 Å². The van der Waals surface area contributed by atoms with Crippen LogP contribution in [0.15, 0.2) is 66.2 Å². The molecule has 7 nitrogen and oxygen atoms in total. The number of hydrogen-bond donors (Lipinski definition) is 4. The minimum atomic E-state index is -0.266. The molecule has 0 bridgehead atoms. The average Bonchev–Trinajstić information content (AvgIpc) is 2.62. The molecule has 0 saturated carbocycles. The highest BCUT2D eigenvalue weighted by Crippen LogP contribution is 2.24. The molecule has 0 spiro atoms.